The molecule has 0 unspecified atom stereocenters. The van der Waals surface area contributed by atoms with Gasteiger partial charge in [-0.25, -0.2) is 9.18 Å². The molecule has 1 fully saturated rings. The van der Waals surface area contributed by atoms with Crippen molar-refractivity contribution in [3.05, 3.63) is 54.3 Å². The number of para-hydroxylation sites is 3. The lowest BCUT2D eigenvalue weighted by Crippen LogP contribution is -2.47. The van der Waals surface area contributed by atoms with Gasteiger partial charge < -0.3 is 14.4 Å². The third-order valence-corrected chi connectivity index (χ3v) is 4.55. The average molecular weight is 373 g/mol. The highest BCUT2D eigenvalue weighted by Gasteiger charge is 2.19. The molecular weight excluding hydrogens is 349 g/mol. The summed E-state index contributed by atoms with van der Waals surface area (Å²) < 4.78 is 24.3. The third-order valence-electron chi connectivity index (χ3n) is 4.55. The molecule has 1 amide bonds. The molecule has 0 atom stereocenters. The van der Waals surface area contributed by atoms with Crippen LogP contribution in [0.4, 0.5) is 20.6 Å². The maximum atomic E-state index is 13.9. The van der Waals surface area contributed by atoms with Crippen molar-refractivity contribution in [2.45, 2.75) is 0 Å². The molecule has 27 heavy (non-hydrogen) atoms. The molecule has 0 aliphatic carbocycles. The average Bonchev–Trinajstić information content (AvgIpc) is 2.69. The number of rotatable bonds is 6. The lowest BCUT2D eigenvalue weighted by molar-refractivity contribution is 0.137. The summed E-state index contributed by atoms with van der Waals surface area (Å²) in [7, 11) is 1.55. The quantitative estimate of drug-likeness (QED) is 0.843. The summed E-state index contributed by atoms with van der Waals surface area (Å²) in [6.45, 7) is 4.02. The SMILES string of the molecule is COc1ccccc1NC(=O)OCCN1CCN(c2ccccc2F)CC1. The molecule has 1 aliphatic heterocycles. The highest BCUT2D eigenvalue weighted by Crippen LogP contribution is 2.23. The Balaban J connectivity index is 1.39. The van der Waals surface area contributed by atoms with Gasteiger partial charge in [-0.05, 0) is 24.3 Å². The Kier molecular flexibility index (Phi) is 6.49. The van der Waals surface area contributed by atoms with E-state index in [1.165, 1.54) is 6.07 Å². The fraction of sp³-hybridized carbons (Fsp3) is 0.350. The van der Waals surface area contributed by atoms with Crippen molar-refractivity contribution < 1.29 is 18.7 Å². The molecule has 0 radical (unpaired) electrons. The number of benzene rings is 2. The van der Waals surface area contributed by atoms with Gasteiger partial charge in [-0.2, -0.15) is 0 Å². The summed E-state index contributed by atoms with van der Waals surface area (Å²) in [5.74, 6) is 0.390. The van der Waals surface area contributed by atoms with Gasteiger partial charge in [0.2, 0.25) is 0 Å². The second-order valence-corrected chi connectivity index (χ2v) is 6.24. The maximum absolute atomic E-state index is 13.9. The van der Waals surface area contributed by atoms with Crippen LogP contribution in [0.2, 0.25) is 0 Å². The van der Waals surface area contributed by atoms with E-state index in [2.05, 4.69) is 10.2 Å². The molecule has 0 aromatic heterocycles. The molecule has 7 heteroatoms. The van der Waals surface area contributed by atoms with Crippen LogP contribution in [0.15, 0.2) is 48.5 Å². The molecule has 6 nitrogen and oxygen atoms in total. The fourth-order valence-corrected chi connectivity index (χ4v) is 3.08. The lowest BCUT2D eigenvalue weighted by Gasteiger charge is -2.36. The summed E-state index contributed by atoms with van der Waals surface area (Å²) in [4.78, 5) is 16.2. The molecule has 1 aliphatic rings. The summed E-state index contributed by atoms with van der Waals surface area (Å²) >= 11 is 0. The minimum absolute atomic E-state index is 0.192. The number of methoxy groups -OCH3 is 1. The number of nitrogens with zero attached hydrogens (tertiary/aromatic N) is 2. The third kappa shape index (κ3) is 5.10. The monoisotopic (exact) mass is 373 g/mol. The minimum atomic E-state index is -0.510. The molecular formula is C20H24FN3O3. The molecule has 0 bridgehead atoms. The Labute approximate surface area is 158 Å². The van der Waals surface area contributed by atoms with E-state index < -0.39 is 6.09 Å². The van der Waals surface area contributed by atoms with Crippen LogP contribution in [-0.2, 0) is 4.74 Å². The number of anilines is 2. The Bertz CT molecular complexity index is 764. The van der Waals surface area contributed by atoms with Crippen LogP contribution in [0, 0.1) is 5.82 Å². The van der Waals surface area contributed by atoms with Gasteiger partial charge >= 0.3 is 6.09 Å². The number of hydrogen-bond acceptors (Lipinski definition) is 5. The molecule has 1 saturated heterocycles. The van der Waals surface area contributed by atoms with Gasteiger partial charge in [0.25, 0.3) is 0 Å². The van der Waals surface area contributed by atoms with E-state index in [1.54, 1.807) is 31.4 Å². The van der Waals surface area contributed by atoms with E-state index in [9.17, 15) is 9.18 Å². The molecule has 2 aromatic carbocycles. The van der Waals surface area contributed by atoms with E-state index >= 15 is 0 Å². The number of halogens is 1. The molecule has 0 saturated carbocycles. The van der Waals surface area contributed by atoms with Crippen molar-refractivity contribution in [2.24, 2.45) is 0 Å². The zero-order chi connectivity index (χ0) is 19.1. The van der Waals surface area contributed by atoms with Crippen LogP contribution < -0.4 is 15.0 Å². The van der Waals surface area contributed by atoms with Crippen LogP contribution in [0.5, 0.6) is 5.75 Å². The molecule has 144 valence electrons. The van der Waals surface area contributed by atoms with Gasteiger partial charge in [0.15, 0.2) is 0 Å². The first-order chi connectivity index (χ1) is 13.2. The van der Waals surface area contributed by atoms with Gasteiger partial charge in [0.1, 0.15) is 18.2 Å². The Hall–Kier alpha value is -2.80. The number of amides is 1. The summed E-state index contributed by atoms with van der Waals surface area (Å²) in [6, 6.07) is 14.0. The molecule has 1 heterocycles. The van der Waals surface area contributed by atoms with E-state index in [-0.39, 0.29) is 5.82 Å². The van der Waals surface area contributed by atoms with Gasteiger partial charge in [-0.1, -0.05) is 24.3 Å². The Morgan fingerprint density at radius 3 is 2.52 bits per heavy atom. The van der Waals surface area contributed by atoms with Crippen molar-refractivity contribution in [1.29, 1.82) is 0 Å². The first-order valence-electron chi connectivity index (χ1n) is 8.96. The van der Waals surface area contributed by atoms with E-state index in [4.69, 9.17) is 9.47 Å². The number of carbonyl (C=O) groups is 1. The van der Waals surface area contributed by atoms with Gasteiger partial charge in [-0.15, -0.1) is 0 Å². The van der Waals surface area contributed by atoms with E-state index in [1.807, 2.05) is 23.1 Å². The Morgan fingerprint density at radius 2 is 1.78 bits per heavy atom. The van der Waals surface area contributed by atoms with Crippen molar-refractivity contribution in [3.63, 3.8) is 0 Å². The van der Waals surface area contributed by atoms with Crippen LogP contribution >= 0.6 is 0 Å². The first-order valence-corrected chi connectivity index (χ1v) is 8.96. The number of ether oxygens (including phenoxy) is 2. The van der Waals surface area contributed by atoms with Crippen LogP contribution in [0.3, 0.4) is 0 Å². The van der Waals surface area contributed by atoms with Crippen molar-refractivity contribution in [1.82, 2.24) is 4.90 Å². The van der Waals surface area contributed by atoms with E-state index in [0.29, 0.717) is 30.3 Å². The highest BCUT2D eigenvalue weighted by molar-refractivity contribution is 5.86. The van der Waals surface area contributed by atoms with Crippen molar-refractivity contribution in [2.75, 3.05) is 56.7 Å². The zero-order valence-electron chi connectivity index (χ0n) is 15.4. The fourth-order valence-electron chi connectivity index (χ4n) is 3.08. The standard InChI is InChI=1S/C20H24FN3O3/c1-26-19-9-5-3-7-17(19)22-20(25)27-15-14-23-10-12-24(13-11-23)18-8-4-2-6-16(18)21/h2-9H,10-15H2,1H3,(H,22,25). The predicted octanol–water partition coefficient (Wildman–Crippen LogP) is 3.21. The molecule has 1 N–H and O–H groups in total. The molecule has 2 aromatic rings. The number of nitrogens with one attached hydrogen (secondary N) is 1. The van der Waals surface area contributed by atoms with Crippen molar-refractivity contribution >= 4 is 17.5 Å². The first kappa shape index (κ1) is 19.0. The minimum Gasteiger partial charge on any atom is -0.495 e. The molecule has 3 rings (SSSR count). The van der Waals surface area contributed by atoms with E-state index in [0.717, 1.165) is 26.2 Å². The molecule has 0 spiro atoms. The van der Waals surface area contributed by atoms with Crippen LogP contribution in [0.1, 0.15) is 0 Å². The largest absolute Gasteiger partial charge is 0.495 e. The van der Waals surface area contributed by atoms with Crippen LogP contribution in [-0.4, -0.2) is 57.4 Å². The summed E-state index contributed by atoms with van der Waals surface area (Å²) in [5, 5.41) is 2.68. The smallest absolute Gasteiger partial charge is 0.411 e. The second-order valence-electron chi connectivity index (χ2n) is 6.24. The number of piperazine rings is 1. The van der Waals surface area contributed by atoms with Gasteiger partial charge in [-0.3, -0.25) is 10.2 Å². The highest BCUT2D eigenvalue weighted by atomic mass is 19.1. The van der Waals surface area contributed by atoms with Gasteiger partial charge in [0, 0.05) is 32.7 Å². The summed E-state index contributed by atoms with van der Waals surface area (Å²) in [5.41, 5.74) is 1.22. The summed E-state index contributed by atoms with van der Waals surface area (Å²) in [6.07, 6.45) is -0.510. The zero-order valence-corrected chi connectivity index (χ0v) is 15.4. The second kappa shape index (κ2) is 9.23. The predicted molar refractivity (Wildman–Crippen MR) is 103 cm³/mol. The normalized spacial score (nSPS) is 14.7. The van der Waals surface area contributed by atoms with Gasteiger partial charge in [0.05, 0.1) is 18.5 Å². The Morgan fingerprint density at radius 1 is 1.07 bits per heavy atom. The maximum Gasteiger partial charge on any atom is 0.411 e. The number of hydrogen-bond donors (Lipinski definition) is 1. The van der Waals surface area contributed by atoms with Crippen LogP contribution in [0.25, 0.3) is 0 Å². The van der Waals surface area contributed by atoms with Crippen molar-refractivity contribution in [3.8, 4) is 5.75 Å². The number of carbonyl (C=O) groups excluding carboxylic acids is 1. The topological polar surface area (TPSA) is 54.0 Å². The lowest BCUT2D eigenvalue weighted by atomic mass is 10.2.